The smallest absolute Gasteiger partial charge is 0.273 e. The first-order valence-corrected chi connectivity index (χ1v) is 7.76. The molecule has 1 fully saturated rings. The van der Waals surface area contributed by atoms with E-state index >= 15 is 0 Å². The molecule has 0 radical (unpaired) electrons. The number of nitrogens with one attached hydrogen (secondary N) is 1. The van der Waals surface area contributed by atoms with Crippen LogP contribution in [0.4, 0.5) is 0 Å². The minimum absolute atomic E-state index is 0.104. The molecule has 4 nitrogen and oxygen atoms in total. The average Bonchev–Trinajstić information content (AvgIpc) is 2.82. The van der Waals surface area contributed by atoms with Gasteiger partial charge in [0.1, 0.15) is 0 Å². The molecule has 0 aliphatic heterocycles. The van der Waals surface area contributed by atoms with Gasteiger partial charge in [0, 0.05) is 10.7 Å². The molecule has 2 rings (SSSR count). The van der Waals surface area contributed by atoms with E-state index in [1.165, 1.54) is 24.4 Å². The molecule has 94 valence electrons. The molecule has 1 amide bonds. The lowest BCUT2D eigenvalue weighted by molar-refractivity contribution is 0.0864. The van der Waals surface area contributed by atoms with Crippen LogP contribution in [-0.2, 0) is 0 Å². The summed E-state index contributed by atoms with van der Waals surface area (Å²) >= 11 is 4.74. The second-order valence-electron chi connectivity index (χ2n) is 4.86. The highest BCUT2D eigenvalue weighted by molar-refractivity contribution is 9.09. The molecular weight excluding hydrogens is 302 g/mol. The summed E-state index contributed by atoms with van der Waals surface area (Å²) in [5.74, 6) is 0.558. The molecule has 1 heterocycles. The van der Waals surface area contributed by atoms with Crippen molar-refractivity contribution in [2.45, 2.75) is 38.1 Å². The Morgan fingerprint density at radius 1 is 1.76 bits per heavy atom. The number of alkyl halides is 1. The van der Waals surface area contributed by atoms with Crippen LogP contribution in [0.1, 0.15) is 43.1 Å². The fourth-order valence-corrected chi connectivity index (χ4v) is 3.58. The van der Waals surface area contributed by atoms with Crippen molar-refractivity contribution in [1.82, 2.24) is 14.9 Å². The Kier molecular flexibility index (Phi) is 4.14. The van der Waals surface area contributed by atoms with Gasteiger partial charge in [0.05, 0.1) is 5.54 Å². The zero-order chi connectivity index (χ0) is 12.3. The van der Waals surface area contributed by atoms with Gasteiger partial charge >= 0.3 is 0 Å². The second-order valence-corrected chi connectivity index (χ2v) is 6.03. The van der Waals surface area contributed by atoms with Crippen LogP contribution >= 0.6 is 27.5 Å². The minimum atomic E-state index is -0.113. The van der Waals surface area contributed by atoms with Crippen LogP contribution in [0.15, 0.2) is 5.38 Å². The summed E-state index contributed by atoms with van der Waals surface area (Å²) in [5.41, 5.74) is 0.312. The molecule has 1 aromatic heterocycles. The monoisotopic (exact) mass is 317 g/mol. The van der Waals surface area contributed by atoms with E-state index in [1.54, 1.807) is 5.38 Å². The molecule has 1 aliphatic carbocycles. The first kappa shape index (κ1) is 13.0. The maximum atomic E-state index is 12.0. The fourth-order valence-electron chi connectivity index (χ4n) is 2.50. The van der Waals surface area contributed by atoms with Crippen LogP contribution in [0.5, 0.6) is 0 Å². The molecule has 0 spiro atoms. The quantitative estimate of drug-likeness (QED) is 0.872. The molecule has 1 saturated carbocycles. The van der Waals surface area contributed by atoms with Gasteiger partial charge in [-0.15, -0.1) is 5.10 Å². The molecule has 2 atom stereocenters. The Bertz CT molecular complexity index is 384. The van der Waals surface area contributed by atoms with Gasteiger partial charge in [0.2, 0.25) is 0 Å². The topological polar surface area (TPSA) is 54.9 Å². The lowest BCUT2D eigenvalue weighted by Crippen LogP contribution is -2.52. The summed E-state index contributed by atoms with van der Waals surface area (Å²) in [7, 11) is 0. The van der Waals surface area contributed by atoms with Crippen molar-refractivity contribution in [3.8, 4) is 0 Å². The van der Waals surface area contributed by atoms with E-state index in [0.717, 1.165) is 18.2 Å². The van der Waals surface area contributed by atoms with E-state index in [-0.39, 0.29) is 11.4 Å². The summed E-state index contributed by atoms with van der Waals surface area (Å²) in [6.45, 7) is 2.24. The van der Waals surface area contributed by atoms with Crippen LogP contribution in [0.25, 0.3) is 0 Å². The number of carbonyl (C=O) groups excluding carboxylic acids is 1. The molecular formula is C11H16BrN3OS. The zero-order valence-electron chi connectivity index (χ0n) is 9.78. The van der Waals surface area contributed by atoms with Crippen molar-refractivity contribution in [2.75, 3.05) is 5.33 Å². The number of halogens is 1. The van der Waals surface area contributed by atoms with Crippen LogP contribution < -0.4 is 5.32 Å². The van der Waals surface area contributed by atoms with Gasteiger partial charge in [0.25, 0.3) is 5.91 Å². The van der Waals surface area contributed by atoms with Gasteiger partial charge in [-0.25, -0.2) is 0 Å². The molecule has 2 unspecified atom stereocenters. The fraction of sp³-hybridized carbons (Fsp3) is 0.727. The van der Waals surface area contributed by atoms with Gasteiger partial charge < -0.3 is 5.32 Å². The van der Waals surface area contributed by atoms with E-state index in [0.29, 0.717) is 11.6 Å². The van der Waals surface area contributed by atoms with Gasteiger partial charge in [-0.1, -0.05) is 40.2 Å². The van der Waals surface area contributed by atoms with Gasteiger partial charge in [0.15, 0.2) is 5.69 Å². The lowest BCUT2D eigenvalue weighted by atomic mass is 9.77. The average molecular weight is 318 g/mol. The maximum Gasteiger partial charge on any atom is 0.273 e. The molecule has 0 bridgehead atoms. The number of rotatable bonds is 3. The summed E-state index contributed by atoms with van der Waals surface area (Å²) in [6, 6.07) is 0. The number of nitrogens with zero attached hydrogens (tertiary/aromatic N) is 2. The number of aromatic nitrogens is 2. The zero-order valence-corrected chi connectivity index (χ0v) is 12.2. The van der Waals surface area contributed by atoms with E-state index in [4.69, 9.17) is 0 Å². The van der Waals surface area contributed by atoms with Crippen molar-refractivity contribution in [1.29, 1.82) is 0 Å². The third kappa shape index (κ3) is 3.04. The van der Waals surface area contributed by atoms with E-state index in [9.17, 15) is 4.79 Å². The van der Waals surface area contributed by atoms with Crippen molar-refractivity contribution in [3.05, 3.63) is 11.1 Å². The van der Waals surface area contributed by atoms with Gasteiger partial charge in [-0.3, -0.25) is 4.79 Å². The Morgan fingerprint density at radius 2 is 2.59 bits per heavy atom. The largest absolute Gasteiger partial charge is 0.344 e. The number of carbonyl (C=O) groups is 1. The maximum absolute atomic E-state index is 12.0. The van der Waals surface area contributed by atoms with E-state index in [1.807, 2.05) is 0 Å². The Balaban J connectivity index is 2.06. The predicted molar refractivity (Wildman–Crippen MR) is 71.5 cm³/mol. The standard InChI is InChI=1S/C11H16BrN3OS/c1-8-3-2-4-11(5-8,7-12)13-10(16)9-6-17-15-14-9/h6,8H,2-5,7H2,1H3,(H,13,16). The summed E-state index contributed by atoms with van der Waals surface area (Å²) < 4.78 is 3.72. The highest BCUT2D eigenvalue weighted by atomic mass is 79.9. The SMILES string of the molecule is CC1CCCC(CBr)(NC(=O)c2csnn2)C1. The molecule has 1 N–H and O–H groups in total. The number of hydrogen-bond acceptors (Lipinski definition) is 4. The van der Waals surface area contributed by atoms with Crippen LogP contribution in [0.3, 0.4) is 0 Å². The Labute approximate surface area is 113 Å². The predicted octanol–water partition coefficient (Wildman–Crippen LogP) is 2.61. The summed E-state index contributed by atoms with van der Waals surface area (Å²) in [6.07, 6.45) is 4.48. The summed E-state index contributed by atoms with van der Waals surface area (Å²) in [5, 5.41) is 9.42. The third-order valence-electron chi connectivity index (χ3n) is 3.32. The molecule has 1 aliphatic rings. The van der Waals surface area contributed by atoms with Crippen molar-refractivity contribution in [2.24, 2.45) is 5.92 Å². The molecule has 6 heteroatoms. The third-order valence-corrected chi connectivity index (χ3v) is 4.90. The van der Waals surface area contributed by atoms with Crippen LogP contribution in [0, 0.1) is 5.92 Å². The highest BCUT2D eigenvalue weighted by Gasteiger charge is 2.35. The summed E-state index contributed by atoms with van der Waals surface area (Å²) in [4.78, 5) is 12.0. The number of hydrogen-bond donors (Lipinski definition) is 1. The van der Waals surface area contributed by atoms with Crippen molar-refractivity contribution < 1.29 is 4.79 Å². The first-order chi connectivity index (χ1) is 8.15. The van der Waals surface area contributed by atoms with Crippen LogP contribution in [-0.4, -0.2) is 26.4 Å². The second kappa shape index (κ2) is 5.44. The van der Waals surface area contributed by atoms with Crippen LogP contribution in [0.2, 0.25) is 0 Å². The van der Waals surface area contributed by atoms with E-state index in [2.05, 4.69) is 37.8 Å². The van der Waals surface area contributed by atoms with Crippen molar-refractivity contribution >= 4 is 33.4 Å². The molecule has 0 aromatic carbocycles. The first-order valence-electron chi connectivity index (χ1n) is 5.81. The van der Waals surface area contributed by atoms with E-state index < -0.39 is 0 Å². The van der Waals surface area contributed by atoms with Gasteiger partial charge in [-0.2, -0.15) is 0 Å². The normalized spacial score (nSPS) is 28.9. The highest BCUT2D eigenvalue weighted by Crippen LogP contribution is 2.33. The Hall–Kier alpha value is -0.490. The minimum Gasteiger partial charge on any atom is -0.344 e. The number of amides is 1. The molecule has 17 heavy (non-hydrogen) atoms. The molecule has 0 saturated heterocycles. The van der Waals surface area contributed by atoms with Gasteiger partial charge in [-0.05, 0) is 30.3 Å². The Morgan fingerprint density at radius 3 is 3.18 bits per heavy atom. The molecule has 1 aromatic rings. The van der Waals surface area contributed by atoms with Crippen molar-refractivity contribution in [3.63, 3.8) is 0 Å². The lowest BCUT2D eigenvalue weighted by Gasteiger charge is -2.39.